The topological polar surface area (TPSA) is 15.7 Å². The molecule has 2 heterocycles. The van der Waals surface area contributed by atoms with E-state index in [9.17, 15) is 0 Å². The van der Waals surface area contributed by atoms with Crippen LogP contribution in [0.15, 0.2) is 72.4 Å². The molecule has 0 atom stereocenters. The number of allylic oxidation sites excluding steroid dienone is 8. The third-order valence-corrected chi connectivity index (χ3v) is 2.58. The molecule has 0 amide bonds. The molecular weight excluding hydrogens is 212 g/mol. The van der Waals surface area contributed by atoms with Crippen molar-refractivity contribution in [3.8, 4) is 0 Å². The van der Waals surface area contributed by atoms with Gasteiger partial charge in [0.15, 0.2) is 0 Å². The minimum absolute atomic E-state index is 0.792. The van der Waals surface area contributed by atoms with Crippen LogP contribution in [0.2, 0.25) is 0 Å². The quantitative estimate of drug-likeness (QED) is 0.720. The molecule has 0 saturated heterocycles. The summed E-state index contributed by atoms with van der Waals surface area (Å²) in [5, 5.41) is 3.36. The maximum Gasteiger partial charge on any atom is 0.0644 e. The maximum atomic E-state index is 5.81. The molecule has 0 bridgehead atoms. The van der Waals surface area contributed by atoms with Crippen molar-refractivity contribution in [2.24, 2.45) is 0 Å². The second-order valence-electron chi connectivity index (χ2n) is 3.99. The van der Waals surface area contributed by atoms with Gasteiger partial charge in [-0.2, -0.15) is 0 Å². The van der Waals surface area contributed by atoms with Gasteiger partial charge >= 0.3 is 0 Å². The van der Waals surface area contributed by atoms with Crippen LogP contribution in [-0.4, -0.2) is 10.1 Å². The number of hydrogen-bond donors (Lipinski definition) is 0. The van der Waals surface area contributed by atoms with Gasteiger partial charge in [-0.1, -0.05) is 25.3 Å². The molecule has 88 valence electrons. The van der Waals surface area contributed by atoms with E-state index in [2.05, 4.69) is 13.2 Å². The molecule has 0 radical (unpaired) electrons. The average molecular weight is 228 g/mol. The lowest BCUT2D eigenvalue weighted by atomic mass is 10.2. The highest BCUT2D eigenvalue weighted by Crippen LogP contribution is 2.25. The summed E-state index contributed by atoms with van der Waals surface area (Å²) >= 11 is 0. The lowest BCUT2D eigenvalue weighted by molar-refractivity contribution is -0.256. The first-order valence-electron chi connectivity index (χ1n) is 5.45. The lowest BCUT2D eigenvalue weighted by Crippen LogP contribution is -2.32. The fourth-order valence-electron chi connectivity index (χ4n) is 1.64. The Morgan fingerprint density at radius 2 is 1.29 bits per heavy atom. The fraction of sp³-hybridized carbons (Fsp3) is 0.143. The third-order valence-electron chi connectivity index (χ3n) is 2.58. The number of hydroxylamine groups is 4. The Labute approximate surface area is 102 Å². The van der Waals surface area contributed by atoms with Gasteiger partial charge in [0.2, 0.25) is 0 Å². The Bertz CT molecular complexity index is 436. The Morgan fingerprint density at radius 1 is 0.882 bits per heavy atom. The van der Waals surface area contributed by atoms with E-state index in [1.54, 1.807) is 10.1 Å². The Hall–Kier alpha value is -2.00. The second kappa shape index (κ2) is 4.47. The van der Waals surface area contributed by atoms with Gasteiger partial charge < -0.3 is 0 Å². The third kappa shape index (κ3) is 2.24. The molecule has 0 unspecified atom stereocenters. The van der Waals surface area contributed by atoms with E-state index in [0.29, 0.717) is 0 Å². The lowest BCUT2D eigenvalue weighted by Gasteiger charge is -2.34. The van der Waals surface area contributed by atoms with Crippen molar-refractivity contribution in [2.45, 2.75) is 13.8 Å². The normalized spacial score (nSPS) is 19.6. The van der Waals surface area contributed by atoms with Crippen molar-refractivity contribution in [1.29, 1.82) is 0 Å². The molecule has 0 spiro atoms. The highest BCUT2D eigenvalue weighted by molar-refractivity contribution is 5.30. The molecule has 0 saturated carbocycles. The van der Waals surface area contributed by atoms with E-state index in [1.165, 1.54) is 0 Å². The van der Waals surface area contributed by atoms with Crippen molar-refractivity contribution >= 4 is 0 Å². The van der Waals surface area contributed by atoms with E-state index in [-0.39, 0.29) is 0 Å². The van der Waals surface area contributed by atoms with Crippen LogP contribution in [0.4, 0.5) is 0 Å². The first kappa shape index (κ1) is 11.5. The zero-order chi connectivity index (χ0) is 12.4. The van der Waals surface area contributed by atoms with Crippen LogP contribution in [0.5, 0.6) is 0 Å². The van der Waals surface area contributed by atoms with Crippen molar-refractivity contribution in [2.75, 3.05) is 0 Å². The number of nitrogens with zero attached hydrogens (tertiary/aromatic N) is 2. The molecule has 2 aliphatic rings. The molecule has 0 N–H and O–H groups in total. The molecule has 17 heavy (non-hydrogen) atoms. The monoisotopic (exact) mass is 228 g/mol. The van der Waals surface area contributed by atoms with Gasteiger partial charge in [0.05, 0.1) is 11.4 Å². The summed E-state index contributed by atoms with van der Waals surface area (Å²) in [7, 11) is 0. The first-order chi connectivity index (χ1) is 8.09. The summed E-state index contributed by atoms with van der Waals surface area (Å²) in [5.41, 5.74) is 3.54. The maximum absolute atomic E-state index is 5.81. The molecule has 0 aromatic carbocycles. The van der Waals surface area contributed by atoms with Crippen molar-refractivity contribution < 1.29 is 4.94 Å². The Morgan fingerprint density at radius 3 is 1.65 bits per heavy atom. The van der Waals surface area contributed by atoms with Crippen LogP contribution >= 0.6 is 0 Å². The largest absolute Gasteiger partial charge is 0.202 e. The molecule has 0 aromatic rings. The number of hydrogen-bond acceptors (Lipinski definition) is 3. The van der Waals surface area contributed by atoms with Crippen molar-refractivity contribution in [3.63, 3.8) is 0 Å². The summed E-state index contributed by atoms with van der Waals surface area (Å²) in [5.74, 6) is 0. The van der Waals surface area contributed by atoms with E-state index in [1.807, 2.05) is 50.3 Å². The van der Waals surface area contributed by atoms with E-state index < -0.39 is 0 Å². The zero-order valence-corrected chi connectivity index (χ0v) is 10.2. The highest BCUT2D eigenvalue weighted by atomic mass is 16.8. The second-order valence-corrected chi connectivity index (χ2v) is 3.99. The molecule has 3 nitrogen and oxygen atoms in total. The van der Waals surface area contributed by atoms with Crippen LogP contribution < -0.4 is 0 Å². The zero-order valence-electron chi connectivity index (χ0n) is 10.2. The summed E-state index contributed by atoms with van der Waals surface area (Å²) in [6, 6.07) is 0. The van der Waals surface area contributed by atoms with Crippen LogP contribution in [0, 0.1) is 0 Å². The smallest absolute Gasteiger partial charge is 0.0644 e. The summed E-state index contributed by atoms with van der Waals surface area (Å²) in [6.07, 6.45) is 11.6. The van der Waals surface area contributed by atoms with Gasteiger partial charge in [0, 0.05) is 11.4 Å². The molecule has 2 aliphatic heterocycles. The van der Waals surface area contributed by atoms with Crippen molar-refractivity contribution in [3.05, 3.63) is 72.4 Å². The van der Waals surface area contributed by atoms with Crippen LogP contribution in [-0.2, 0) is 4.94 Å². The van der Waals surface area contributed by atoms with E-state index in [0.717, 1.165) is 22.8 Å². The van der Waals surface area contributed by atoms with Gasteiger partial charge in [0.1, 0.15) is 0 Å². The van der Waals surface area contributed by atoms with Gasteiger partial charge in [-0.25, -0.2) is 10.1 Å². The van der Waals surface area contributed by atoms with Crippen molar-refractivity contribution in [1.82, 2.24) is 10.1 Å². The Balaban J connectivity index is 2.16. The van der Waals surface area contributed by atoms with Crippen LogP contribution in [0.3, 0.4) is 0 Å². The number of rotatable bonds is 2. The van der Waals surface area contributed by atoms with Gasteiger partial charge in [-0.3, -0.25) is 0 Å². The summed E-state index contributed by atoms with van der Waals surface area (Å²) in [6.45, 7) is 11.8. The van der Waals surface area contributed by atoms with E-state index in [4.69, 9.17) is 4.94 Å². The molecule has 0 aromatic heterocycles. The molecule has 0 fully saturated rings. The summed E-state index contributed by atoms with van der Waals surface area (Å²) in [4.78, 5) is 5.81. The average Bonchev–Trinajstić information content (AvgIpc) is 2.27. The minimum atomic E-state index is 0.792. The first-order valence-corrected chi connectivity index (χ1v) is 5.45. The van der Waals surface area contributed by atoms with Crippen LogP contribution in [0.25, 0.3) is 0 Å². The van der Waals surface area contributed by atoms with Gasteiger partial charge in [-0.05, 0) is 38.2 Å². The molecular formula is C14H16N2O. The van der Waals surface area contributed by atoms with Gasteiger partial charge in [0.25, 0.3) is 0 Å². The standard InChI is InChI=1S/C14H16N2O/c1-11-7-5-8-12(2)15(11)17-16-13(3)9-6-10-14(16)4/h5-10H,1,3H2,2,4H3. The predicted molar refractivity (Wildman–Crippen MR) is 68.8 cm³/mol. The predicted octanol–water partition coefficient (Wildman–Crippen LogP) is 3.41. The van der Waals surface area contributed by atoms with Crippen LogP contribution in [0.1, 0.15) is 13.8 Å². The minimum Gasteiger partial charge on any atom is -0.202 e. The fourth-order valence-corrected chi connectivity index (χ4v) is 1.64. The summed E-state index contributed by atoms with van der Waals surface area (Å²) < 4.78 is 0. The molecule has 0 aliphatic carbocycles. The molecule has 3 heteroatoms. The molecule has 2 rings (SSSR count). The highest BCUT2D eigenvalue weighted by Gasteiger charge is 2.19. The van der Waals surface area contributed by atoms with Gasteiger partial charge in [-0.15, -0.1) is 4.94 Å². The Kier molecular flexibility index (Phi) is 3.02. The van der Waals surface area contributed by atoms with E-state index >= 15 is 0 Å². The SMILES string of the molecule is C=C1C=CC=C(C)N1ON1C(=C)C=CC=C1C.